The van der Waals surface area contributed by atoms with Crippen molar-refractivity contribution in [3.8, 4) is 0 Å². The molecule has 0 radical (unpaired) electrons. The molecule has 2 aliphatic rings. The van der Waals surface area contributed by atoms with Crippen LogP contribution in [0.15, 0.2) is 23.3 Å². The normalized spacial score (nSPS) is 17.0. The third-order valence-electron chi connectivity index (χ3n) is 5.56. The Hall–Kier alpha value is -2.78. The van der Waals surface area contributed by atoms with Gasteiger partial charge in [-0.2, -0.15) is 9.78 Å². The minimum absolute atomic E-state index is 0.00122. The molecule has 28 heavy (non-hydrogen) atoms. The van der Waals surface area contributed by atoms with Crippen LogP contribution in [0, 0.1) is 12.8 Å². The number of rotatable bonds is 3. The first kappa shape index (κ1) is 18.6. The van der Waals surface area contributed by atoms with Crippen LogP contribution in [-0.4, -0.2) is 38.2 Å². The van der Waals surface area contributed by atoms with E-state index in [0.29, 0.717) is 38.3 Å². The number of halogens is 3. The fraction of sp³-hybridized carbons (Fsp3) is 0.500. The average Bonchev–Trinajstić information content (AvgIpc) is 3.22. The summed E-state index contributed by atoms with van der Waals surface area (Å²) in [4.78, 5) is 28.1. The Bertz CT molecular complexity index is 988. The van der Waals surface area contributed by atoms with Crippen molar-refractivity contribution in [1.29, 1.82) is 0 Å². The number of pyridine rings is 1. The van der Waals surface area contributed by atoms with Gasteiger partial charge in [0.05, 0.1) is 24.6 Å². The topological polar surface area (TPSA) is 63.4 Å². The molecular weight excluding hydrogens is 375 g/mol. The van der Waals surface area contributed by atoms with E-state index in [0.717, 1.165) is 23.0 Å². The molecule has 10 heteroatoms. The highest BCUT2D eigenvalue weighted by molar-refractivity contribution is 5.77. The molecule has 0 N–H and O–H groups in total. The Kier molecular flexibility index (Phi) is 4.24. The Balaban J connectivity index is 1.34. The zero-order chi connectivity index (χ0) is 20.2. The van der Waals surface area contributed by atoms with Crippen molar-refractivity contribution in [3.05, 3.63) is 45.6 Å². The van der Waals surface area contributed by atoms with E-state index in [9.17, 15) is 22.8 Å². The first-order valence-electron chi connectivity index (χ1n) is 8.96. The van der Waals surface area contributed by atoms with Crippen LogP contribution in [-0.2, 0) is 31.2 Å². The minimum atomic E-state index is -4.53. The number of amides is 1. The highest BCUT2D eigenvalue weighted by atomic mass is 19.4. The standard InChI is InChI=1S/C18H20F3N5O2/c1-11-3-16(27)23(2)15-10-25(9-14(11)15)17(28)4-12-6-24(7-12)13-5-22-26(8-13)18(19,20)21/h3,5,8,12H,4,6-7,9-10H2,1-2H3. The molecular formula is C18H20F3N5O2. The van der Waals surface area contributed by atoms with Crippen LogP contribution in [0.4, 0.5) is 18.9 Å². The molecule has 4 heterocycles. The monoisotopic (exact) mass is 395 g/mol. The fourth-order valence-corrected chi connectivity index (χ4v) is 3.85. The lowest BCUT2D eigenvalue weighted by Gasteiger charge is -2.40. The van der Waals surface area contributed by atoms with E-state index < -0.39 is 6.30 Å². The number of aromatic nitrogens is 3. The number of fused-ring (bicyclic) bond motifs is 1. The van der Waals surface area contributed by atoms with Crippen LogP contribution in [0.25, 0.3) is 0 Å². The summed E-state index contributed by atoms with van der Waals surface area (Å²) < 4.78 is 39.4. The molecule has 0 saturated carbocycles. The number of aryl methyl sites for hydroxylation is 1. The van der Waals surface area contributed by atoms with Gasteiger partial charge in [-0.3, -0.25) is 9.59 Å². The van der Waals surface area contributed by atoms with Crippen LogP contribution < -0.4 is 10.5 Å². The molecule has 0 aromatic carbocycles. The molecule has 2 aliphatic heterocycles. The van der Waals surface area contributed by atoms with E-state index in [-0.39, 0.29) is 22.1 Å². The maximum atomic E-state index is 12.7. The molecule has 0 atom stereocenters. The van der Waals surface area contributed by atoms with Crippen molar-refractivity contribution in [2.75, 3.05) is 18.0 Å². The number of nitrogens with zero attached hydrogens (tertiary/aromatic N) is 5. The van der Waals surface area contributed by atoms with E-state index in [1.54, 1.807) is 27.5 Å². The molecule has 4 rings (SSSR count). The molecule has 0 aliphatic carbocycles. The largest absolute Gasteiger partial charge is 0.504 e. The SMILES string of the molecule is Cc1cc(=O)n(C)c2c1CN(C(=O)CC1CN(c3cnn(C(F)(F)F)c3)C1)C2. The lowest BCUT2D eigenvalue weighted by atomic mass is 9.95. The van der Waals surface area contributed by atoms with Crippen LogP contribution in [0.1, 0.15) is 23.2 Å². The van der Waals surface area contributed by atoms with Gasteiger partial charge in [0.25, 0.3) is 5.56 Å². The second kappa shape index (κ2) is 6.39. The minimum Gasteiger partial charge on any atom is -0.368 e. The van der Waals surface area contributed by atoms with Gasteiger partial charge in [-0.25, -0.2) is 0 Å². The second-order valence-electron chi connectivity index (χ2n) is 7.49. The highest BCUT2D eigenvalue weighted by Crippen LogP contribution is 2.31. The van der Waals surface area contributed by atoms with Crippen LogP contribution >= 0.6 is 0 Å². The van der Waals surface area contributed by atoms with Crippen molar-refractivity contribution >= 4 is 11.6 Å². The van der Waals surface area contributed by atoms with E-state index in [2.05, 4.69) is 5.10 Å². The van der Waals surface area contributed by atoms with Crippen LogP contribution in [0.3, 0.4) is 0 Å². The third-order valence-corrected chi connectivity index (χ3v) is 5.56. The lowest BCUT2D eigenvalue weighted by molar-refractivity contribution is -0.212. The van der Waals surface area contributed by atoms with Gasteiger partial charge in [0, 0.05) is 50.8 Å². The summed E-state index contributed by atoms with van der Waals surface area (Å²) in [5, 5.41) is 3.33. The number of alkyl halides is 3. The number of hydrogen-bond donors (Lipinski definition) is 0. The van der Waals surface area contributed by atoms with Gasteiger partial charge in [-0.05, 0) is 18.1 Å². The molecule has 1 amide bonds. The number of anilines is 1. The predicted octanol–water partition coefficient (Wildman–Crippen LogP) is 1.74. The average molecular weight is 395 g/mol. The Morgan fingerprint density at radius 1 is 1.29 bits per heavy atom. The smallest absolute Gasteiger partial charge is 0.368 e. The molecule has 0 unspecified atom stereocenters. The zero-order valence-corrected chi connectivity index (χ0v) is 15.5. The summed E-state index contributed by atoms with van der Waals surface area (Å²) in [6.45, 7) is 3.82. The van der Waals surface area contributed by atoms with Crippen LogP contribution in [0.5, 0.6) is 0 Å². The van der Waals surface area contributed by atoms with Gasteiger partial charge in [-0.15, -0.1) is 13.2 Å². The Morgan fingerprint density at radius 3 is 2.64 bits per heavy atom. The maximum Gasteiger partial charge on any atom is 0.504 e. The second-order valence-corrected chi connectivity index (χ2v) is 7.49. The van der Waals surface area contributed by atoms with Gasteiger partial charge >= 0.3 is 6.30 Å². The summed E-state index contributed by atoms with van der Waals surface area (Å²) in [5.74, 6) is 0.0917. The van der Waals surface area contributed by atoms with E-state index in [1.807, 2.05) is 6.92 Å². The van der Waals surface area contributed by atoms with Crippen molar-refractivity contribution in [2.45, 2.75) is 32.7 Å². The summed E-state index contributed by atoms with van der Waals surface area (Å²) >= 11 is 0. The number of carbonyl (C=O) groups excluding carboxylic acids is 1. The predicted molar refractivity (Wildman–Crippen MR) is 94.5 cm³/mol. The van der Waals surface area contributed by atoms with E-state index >= 15 is 0 Å². The maximum absolute atomic E-state index is 12.7. The third kappa shape index (κ3) is 3.16. The van der Waals surface area contributed by atoms with Gasteiger partial charge in [-0.1, -0.05) is 0 Å². The quantitative estimate of drug-likeness (QED) is 0.794. The van der Waals surface area contributed by atoms with Gasteiger partial charge in [0.15, 0.2) is 0 Å². The first-order valence-corrected chi connectivity index (χ1v) is 8.96. The molecule has 0 bridgehead atoms. The highest BCUT2D eigenvalue weighted by Gasteiger charge is 2.36. The molecule has 1 fully saturated rings. The van der Waals surface area contributed by atoms with Gasteiger partial charge in [0.1, 0.15) is 0 Å². The molecule has 0 spiro atoms. The van der Waals surface area contributed by atoms with Gasteiger partial charge < -0.3 is 14.4 Å². The zero-order valence-electron chi connectivity index (χ0n) is 15.5. The molecule has 150 valence electrons. The number of carbonyl (C=O) groups is 1. The fourth-order valence-electron chi connectivity index (χ4n) is 3.85. The van der Waals surface area contributed by atoms with E-state index in [1.165, 1.54) is 6.20 Å². The van der Waals surface area contributed by atoms with Crippen LogP contribution in [0.2, 0.25) is 0 Å². The summed E-state index contributed by atoms with van der Waals surface area (Å²) in [6.07, 6.45) is -2.04. The molecule has 2 aromatic heterocycles. The molecule has 2 aromatic rings. The summed E-state index contributed by atoms with van der Waals surface area (Å²) in [6, 6.07) is 1.58. The molecule has 7 nitrogen and oxygen atoms in total. The molecule has 1 saturated heterocycles. The van der Waals surface area contributed by atoms with Crippen molar-refractivity contribution in [2.24, 2.45) is 13.0 Å². The first-order chi connectivity index (χ1) is 13.1. The summed E-state index contributed by atoms with van der Waals surface area (Å²) in [7, 11) is 1.71. The Labute approximate surface area is 159 Å². The number of hydrogen-bond acceptors (Lipinski definition) is 4. The Morgan fingerprint density at radius 2 is 2.00 bits per heavy atom. The van der Waals surface area contributed by atoms with Gasteiger partial charge in [0.2, 0.25) is 5.91 Å². The van der Waals surface area contributed by atoms with Crippen molar-refractivity contribution in [1.82, 2.24) is 19.2 Å². The lowest BCUT2D eigenvalue weighted by Crippen LogP contribution is -2.48. The van der Waals surface area contributed by atoms with E-state index in [4.69, 9.17) is 0 Å². The van der Waals surface area contributed by atoms with Crippen molar-refractivity contribution in [3.63, 3.8) is 0 Å². The van der Waals surface area contributed by atoms with Crippen molar-refractivity contribution < 1.29 is 18.0 Å². The summed E-state index contributed by atoms with van der Waals surface area (Å²) in [5.41, 5.74) is 3.10.